The van der Waals surface area contributed by atoms with Crippen LogP contribution in [0, 0.1) is 0 Å². The summed E-state index contributed by atoms with van der Waals surface area (Å²) in [6.07, 6.45) is 1.07. The number of nitrogens with one attached hydrogen (secondary N) is 1. The van der Waals surface area contributed by atoms with Gasteiger partial charge in [-0.1, -0.05) is 23.7 Å². The number of benzene rings is 2. The van der Waals surface area contributed by atoms with Crippen LogP contribution < -0.4 is 10.2 Å². The monoisotopic (exact) mass is 300 g/mol. The van der Waals surface area contributed by atoms with Gasteiger partial charge in [0.05, 0.1) is 0 Å². The maximum absolute atomic E-state index is 12.1. The molecule has 1 aliphatic rings. The molecule has 0 bridgehead atoms. The van der Waals surface area contributed by atoms with Crippen LogP contribution in [0.5, 0.6) is 0 Å². The van der Waals surface area contributed by atoms with Gasteiger partial charge < -0.3 is 10.2 Å². The molecule has 1 aliphatic heterocycles. The average Bonchev–Trinajstić information content (AvgIpc) is 2.86. The van der Waals surface area contributed by atoms with Crippen LogP contribution in [-0.2, 0) is 13.0 Å². The number of carbonyl (C=O) groups excluding carboxylic acids is 1. The lowest BCUT2D eigenvalue weighted by Crippen LogP contribution is -2.22. The second kappa shape index (κ2) is 5.78. The second-order valence-corrected chi connectivity index (χ2v) is 5.76. The van der Waals surface area contributed by atoms with E-state index in [1.807, 2.05) is 0 Å². The highest BCUT2D eigenvalue weighted by Crippen LogP contribution is 2.27. The maximum atomic E-state index is 12.1. The van der Waals surface area contributed by atoms with Crippen molar-refractivity contribution in [2.24, 2.45) is 0 Å². The fourth-order valence-corrected chi connectivity index (χ4v) is 2.74. The summed E-state index contributed by atoms with van der Waals surface area (Å²) in [7, 11) is 2.10. The number of halogens is 1. The van der Waals surface area contributed by atoms with Gasteiger partial charge in [0, 0.05) is 36.4 Å². The summed E-state index contributed by atoms with van der Waals surface area (Å²) >= 11 is 5.82. The van der Waals surface area contributed by atoms with E-state index in [4.69, 9.17) is 11.6 Å². The number of anilines is 1. The van der Waals surface area contributed by atoms with E-state index in [1.165, 1.54) is 11.3 Å². The van der Waals surface area contributed by atoms with Gasteiger partial charge in [0.15, 0.2) is 0 Å². The minimum Gasteiger partial charge on any atom is -0.374 e. The van der Waals surface area contributed by atoms with Crippen molar-refractivity contribution in [3.63, 3.8) is 0 Å². The lowest BCUT2D eigenvalue weighted by atomic mass is 10.1. The Hall–Kier alpha value is -2.00. The number of amides is 1. The van der Waals surface area contributed by atoms with Crippen molar-refractivity contribution in [1.82, 2.24) is 5.32 Å². The molecule has 0 atom stereocenters. The predicted molar refractivity (Wildman–Crippen MR) is 86.0 cm³/mol. The molecule has 3 nitrogen and oxygen atoms in total. The van der Waals surface area contributed by atoms with Gasteiger partial charge in [0.2, 0.25) is 0 Å². The summed E-state index contributed by atoms with van der Waals surface area (Å²) in [5.41, 5.74) is 4.41. The van der Waals surface area contributed by atoms with Gasteiger partial charge in [-0.2, -0.15) is 0 Å². The van der Waals surface area contributed by atoms with Gasteiger partial charge in [-0.3, -0.25) is 4.79 Å². The molecule has 0 spiro atoms. The molecule has 0 aliphatic carbocycles. The first-order valence-corrected chi connectivity index (χ1v) is 7.38. The van der Waals surface area contributed by atoms with Crippen molar-refractivity contribution in [3.05, 3.63) is 64.2 Å². The number of rotatable bonds is 3. The molecule has 0 fully saturated rings. The van der Waals surface area contributed by atoms with Crippen molar-refractivity contribution < 1.29 is 4.79 Å². The first kappa shape index (κ1) is 14.0. The molecule has 0 radical (unpaired) electrons. The minimum atomic E-state index is -0.0794. The van der Waals surface area contributed by atoms with Crippen LogP contribution in [-0.4, -0.2) is 19.5 Å². The van der Waals surface area contributed by atoms with E-state index in [-0.39, 0.29) is 5.91 Å². The smallest absolute Gasteiger partial charge is 0.251 e. The summed E-state index contributed by atoms with van der Waals surface area (Å²) in [4.78, 5) is 14.3. The van der Waals surface area contributed by atoms with E-state index < -0.39 is 0 Å². The molecule has 2 aromatic carbocycles. The van der Waals surface area contributed by atoms with Crippen LogP contribution in [0.1, 0.15) is 21.5 Å². The summed E-state index contributed by atoms with van der Waals surface area (Å²) < 4.78 is 0. The second-order valence-electron chi connectivity index (χ2n) is 5.32. The van der Waals surface area contributed by atoms with Gasteiger partial charge in [0.1, 0.15) is 0 Å². The molecule has 108 valence electrons. The van der Waals surface area contributed by atoms with Crippen LogP contribution in [0.4, 0.5) is 5.69 Å². The van der Waals surface area contributed by atoms with Crippen molar-refractivity contribution >= 4 is 23.2 Å². The standard InChI is InChI=1S/C17H17ClN2O/c1-20-9-8-14-10-12(2-7-16(14)20)11-19-17(21)13-3-5-15(18)6-4-13/h2-7,10H,8-9,11H2,1H3,(H,19,21). The van der Waals surface area contributed by atoms with Gasteiger partial charge in [-0.15, -0.1) is 0 Å². The Morgan fingerprint density at radius 3 is 2.76 bits per heavy atom. The Balaban J connectivity index is 1.65. The van der Waals surface area contributed by atoms with Crippen LogP contribution >= 0.6 is 11.6 Å². The molecule has 0 aromatic heterocycles. The Morgan fingerprint density at radius 1 is 1.24 bits per heavy atom. The number of hydrogen-bond donors (Lipinski definition) is 1. The quantitative estimate of drug-likeness (QED) is 0.943. The van der Waals surface area contributed by atoms with E-state index in [0.717, 1.165) is 18.5 Å². The first-order valence-electron chi connectivity index (χ1n) is 7.00. The Bertz CT molecular complexity index is 667. The van der Waals surface area contributed by atoms with Crippen LogP contribution in [0.3, 0.4) is 0 Å². The summed E-state index contributed by atoms with van der Waals surface area (Å²) in [5.74, 6) is -0.0794. The summed E-state index contributed by atoms with van der Waals surface area (Å²) in [5, 5.41) is 3.58. The van der Waals surface area contributed by atoms with Gasteiger partial charge in [-0.25, -0.2) is 0 Å². The van der Waals surface area contributed by atoms with E-state index in [9.17, 15) is 4.79 Å². The van der Waals surface area contributed by atoms with Crippen molar-refractivity contribution in [2.45, 2.75) is 13.0 Å². The van der Waals surface area contributed by atoms with Crippen LogP contribution in [0.25, 0.3) is 0 Å². The topological polar surface area (TPSA) is 32.3 Å². The highest BCUT2D eigenvalue weighted by molar-refractivity contribution is 6.30. The minimum absolute atomic E-state index is 0.0794. The van der Waals surface area contributed by atoms with E-state index in [2.05, 4.69) is 35.5 Å². The van der Waals surface area contributed by atoms with Crippen molar-refractivity contribution in [2.75, 3.05) is 18.5 Å². The molecule has 0 saturated heterocycles. The SMILES string of the molecule is CN1CCc2cc(CNC(=O)c3ccc(Cl)cc3)ccc21. The summed E-state index contributed by atoms with van der Waals surface area (Å²) in [6.45, 7) is 1.61. The van der Waals surface area contributed by atoms with Crippen LogP contribution in [0.2, 0.25) is 5.02 Å². The molecule has 1 heterocycles. The van der Waals surface area contributed by atoms with E-state index in [1.54, 1.807) is 24.3 Å². The molecule has 2 aromatic rings. The fourth-order valence-electron chi connectivity index (χ4n) is 2.62. The maximum Gasteiger partial charge on any atom is 0.251 e. The molecule has 21 heavy (non-hydrogen) atoms. The molecule has 1 N–H and O–H groups in total. The molecular weight excluding hydrogens is 284 g/mol. The number of likely N-dealkylation sites (N-methyl/N-ethyl adjacent to an activating group) is 1. The lowest BCUT2D eigenvalue weighted by Gasteiger charge is -2.12. The fraction of sp³-hybridized carbons (Fsp3) is 0.235. The van der Waals surface area contributed by atoms with Crippen LogP contribution in [0.15, 0.2) is 42.5 Å². The van der Waals surface area contributed by atoms with Crippen molar-refractivity contribution in [1.29, 1.82) is 0 Å². The van der Waals surface area contributed by atoms with Gasteiger partial charge >= 0.3 is 0 Å². The molecule has 4 heteroatoms. The third kappa shape index (κ3) is 3.03. The molecule has 0 unspecified atom stereocenters. The predicted octanol–water partition coefficient (Wildman–Crippen LogP) is 3.26. The largest absolute Gasteiger partial charge is 0.374 e. The number of carbonyl (C=O) groups is 1. The zero-order valence-electron chi connectivity index (χ0n) is 11.9. The molecular formula is C17H17ClN2O. The average molecular weight is 301 g/mol. The highest BCUT2D eigenvalue weighted by atomic mass is 35.5. The zero-order valence-corrected chi connectivity index (χ0v) is 12.7. The highest BCUT2D eigenvalue weighted by Gasteiger charge is 2.15. The Morgan fingerprint density at radius 2 is 2.00 bits per heavy atom. The third-order valence-electron chi connectivity index (χ3n) is 3.83. The lowest BCUT2D eigenvalue weighted by molar-refractivity contribution is 0.0951. The number of hydrogen-bond acceptors (Lipinski definition) is 2. The molecule has 1 amide bonds. The summed E-state index contributed by atoms with van der Waals surface area (Å²) in [6, 6.07) is 13.3. The number of fused-ring (bicyclic) bond motifs is 1. The van der Waals surface area contributed by atoms with E-state index in [0.29, 0.717) is 17.1 Å². The number of nitrogens with zero attached hydrogens (tertiary/aromatic N) is 1. The zero-order chi connectivity index (χ0) is 14.8. The van der Waals surface area contributed by atoms with Gasteiger partial charge in [0.25, 0.3) is 5.91 Å². The first-order chi connectivity index (χ1) is 10.1. The van der Waals surface area contributed by atoms with E-state index >= 15 is 0 Å². The molecule has 3 rings (SSSR count). The normalized spacial score (nSPS) is 13.1. The Labute approximate surface area is 129 Å². The molecule has 0 saturated carbocycles. The Kier molecular flexibility index (Phi) is 3.84. The van der Waals surface area contributed by atoms with Crippen molar-refractivity contribution in [3.8, 4) is 0 Å². The third-order valence-corrected chi connectivity index (χ3v) is 4.08. The van der Waals surface area contributed by atoms with Gasteiger partial charge in [-0.05, 0) is 47.9 Å².